The molecule has 33 heavy (non-hydrogen) atoms. The van der Waals surface area contributed by atoms with E-state index < -0.39 is 39.0 Å². The third-order valence-corrected chi connectivity index (χ3v) is 5.86. The topological polar surface area (TPSA) is 108 Å². The molecule has 1 atom stereocenters. The monoisotopic (exact) mass is 485 g/mol. The van der Waals surface area contributed by atoms with Gasteiger partial charge in [-0.15, -0.1) is 0 Å². The molecule has 0 radical (unpaired) electrons. The van der Waals surface area contributed by atoms with E-state index in [9.17, 15) is 18.0 Å². The zero-order chi connectivity index (χ0) is 25.4. The molecule has 0 bridgehead atoms. The van der Waals surface area contributed by atoms with Gasteiger partial charge in [-0.2, -0.15) is 8.42 Å². The number of hydrogen-bond acceptors (Lipinski definition) is 8. The normalized spacial score (nSPS) is 13.5. The number of likely N-dealkylation sites (N-methyl/N-ethyl adjacent to an activating group) is 1. The number of rotatable bonds is 13. The van der Waals surface area contributed by atoms with Crippen LogP contribution in [-0.2, 0) is 23.9 Å². The maximum absolute atomic E-state index is 12.9. The molecule has 0 spiro atoms. The molecule has 0 aliphatic heterocycles. The Balaban J connectivity index is 3.43. The molecular weight excluding hydrogens is 446 g/mol. The highest BCUT2D eigenvalue weighted by atomic mass is 32.2. The highest BCUT2D eigenvalue weighted by Crippen LogP contribution is 2.36. The number of carbonyl (C=O) groups excluding carboxylic acids is 2. The molecular formula is C24H39NO7S. The van der Waals surface area contributed by atoms with Crippen LogP contribution < -0.4 is 14.8 Å². The van der Waals surface area contributed by atoms with Crippen LogP contribution in [0.4, 0.5) is 0 Å². The first-order chi connectivity index (χ1) is 15.2. The molecule has 9 heteroatoms. The molecule has 1 unspecified atom stereocenters. The summed E-state index contributed by atoms with van der Waals surface area (Å²) in [4.78, 5) is 25.7. The first kappa shape index (κ1) is 29.1. The van der Waals surface area contributed by atoms with Crippen LogP contribution in [0.2, 0.25) is 0 Å². The number of hydrogen-bond donors (Lipinski definition) is 1. The Hall–Kier alpha value is -1.97. The molecule has 1 aromatic rings. The molecule has 8 nitrogen and oxygen atoms in total. The first-order valence-electron chi connectivity index (χ1n) is 11.3. The van der Waals surface area contributed by atoms with Crippen molar-refractivity contribution in [2.45, 2.75) is 73.3 Å². The van der Waals surface area contributed by atoms with Crippen LogP contribution in [0, 0.1) is 10.8 Å². The van der Waals surface area contributed by atoms with Crippen LogP contribution in [0.3, 0.4) is 0 Å². The Morgan fingerprint density at radius 2 is 1.42 bits per heavy atom. The van der Waals surface area contributed by atoms with E-state index in [4.69, 9.17) is 13.7 Å². The van der Waals surface area contributed by atoms with Crippen LogP contribution in [0.5, 0.6) is 11.5 Å². The number of nitrogens with one attached hydrogen (secondary N) is 1. The van der Waals surface area contributed by atoms with Crippen molar-refractivity contribution >= 4 is 22.1 Å². The van der Waals surface area contributed by atoms with Gasteiger partial charge in [0.2, 0.25) is 0 Å². The third-order valence-electron chi connectivity index (χ3n) is 5.28. The summed E-state index contributed by atoms with van der Waals surface area (Å²) in [5.41, 5.74) is -1.01. The molecule has 188 valence electrons. The molecule has 0 aliphatic rings. The Morgan fingerprint density at radius 3 is 1.85 bits per heavy atom. The van der Waals surface area contributed by atoms with E-state index >= 15 is 0 Å². The molecule has 1 N–H and O–H groups in total. The summed E-state index contributed by atoms with van der Waals surface area (Å²) in [6, 6.07) is 4.58. The van der Waals surface area contributed by atoms with Crippen molar-refractivity contribution < 1.29 is 31.7 Å². The smallest absolute Gasteiger partial charge is 0.317 e. The molecule has 1 aromatic carbocycles. The fourth-order valence-electron chi connectivity index (χ4n) is 3.42. The minimum atomic E-state index is -3.75. The van der Waals surface area contributed by atoms with Gasteiger partial charge in [-0.05, 0) is 65.3 Å². The third kappa shape index (κ3) is 9.06. The standard InChI is InChI=1S/C24H39NO7S/c1-9-13-23(3,4)21(26)30-18-12-11-17(20(16-25-7)32-33(8,28)29)15-19(18)31-22(27)24(5,6)14-10-2/h11-12,15,20,25H,9-10,13-14,16H2,1-8H3. The molecule has 0 heterocycles. The lowest BCUT2D eigenvalue weighted by molar-refractivity contribution is -0.147. The van der Waals surface area contributed by atoms with Crippen LogP contribution >= 0.6 is 0 Å². The average Bonchev–Trinajstić information content (AvgIpc) is 2.67. The number of ether oxygens (including phenoxy) is 2. The van der Waals surface area contributed by atoms with E-state index in [0.717, 1.165) is 19.1 Å². The maximum atomic E-state index is 12.9. The number of carbonyl (C=O) groups is 2. The summed E-state index contributed by atoms with van der Waals surface area (Å²) < 4.78 is 40.0. The predicted molar refractivity (Wildman–Crippen MR) is 128 cm³/mol. The van der Waals surface area contributed by atoms with Crippen LogP contribution in [-0.4, -0.2) is 40.2 Å². The Morgan fingerprint density at radius 1 is 0.939 bits per heavy atom. The minimum Gasteiger partial charge on any atom is -0.422 e. The Labute approximate surface area is 198 Å². The second kappa shape index (κ2) is 11.9. The first-order valence-corrected chi connectivity index (χ1v) is 13.1. The zero-order valence-electron chi connectivity index (χ0n) is 21.1. The van der Waals surface area contributed by atoms with E-state index in [1.807, 2.05) is 13.8 Å². The van der Waals surface area contributed by atoms with E-state index in [2.05, 4.69) is 5.32 Å². The van der Waals surface area contributed by atoms with Crippen LogP contribution in [0.1, 0.15) is 78.9 Å². The van der Waals surface area contributed by atoms with Crippen LogP contribution in [0.15, 0.2) is 18.2 Å². The van der Waals surface area contributed by atoms with Crippen molar-refractivity contribution in [3.8, 4) is 11.5 Å². The van der Waals surface area contributed by atoms with Crippen molar-refractivity contribution in [3.63, 3.8) is 0 Å². The highest BCUT2D eigenvalue weighted by molar-refractivity contribution is 7.86. The molecule has 0 amide bonds. The lowest BCUT2D eigenvalue weighted by Crippen LogP contribution is -2.31. The second-order valence-electron chi connectivity index (χ2n) is 9.60. The van der Waals surface area contributed by atoms with Gasteiger partial charge in [-0.25, -0.2) is 0 Å². The lowest BCUT2D eigenvalue weighted by atomic mass is 9.88. The Bertz CT molecular complexity index is 923. The number of benzene rings is 1. The molecule has 0 fully saturated rings. The summed E-state index contributed by atoms with van der Waals surface area (Å²) in [5.74, 6) is -0.779. The minimum absolute atomic E-state index is 0.0422. The van der Waals surface area contributed by atoms with Crippen molar-refractivity contribution in [1.82, 2.24) is 5.32 Å². The lowest BCUT2D eigenvalue weighted by Gasteiger charge is -2.25. The average molecular weight is 486 g/mol. The Kier molecular flexibility index (Phi) is 10.5. The van der Waals surface area contributed by atoms with Gasteiger partial charge in [-0.3, -0.25) is 13.8 Å². The molecule has 0 saturated carbocycles. The molecule has 1 rings (SSSR count). The molecule has 0 aliphatic carbocycles. The second-order valence-corrected chi connectivity index (χ2v) is 11.2. The largest absolute Gasteiger partial charge is 0.422 e. The van der Waals surface area contributed by atoms with Crippen molar-refractivity contribution in [2.24, 2.45) is 10.8 Å². The van der Waals surface area contributed by atoms with E-state index in [1.54, 1.807) is 40.8 Å². The van der Waals surface area contributed by atoms with E-state index in [0.29, 0.717) is 18.4 Å². The summed E-state index contributed by atoms with van der Waals surface area (Å²) in [6.07, 6.45) is 2.96. The van der Waals surface area contributed by atoms with Crippen molar-refractivity contribution in [3.05, 3.63) is 23.8 Å². The van der Waals surface area contributed by atoms with E-state index in [1.165, 1.54) is 12.1 Å². The van der Waals surface area contributed by atoms with Gasteiger partial charge in [0.1, 0.15) is 6.10 Å². The summed E-state index contributed by atoms with van der Waals surface area (Å²) >= 11 is 0. The van der Waals surface area contributed by atoms with Gasteiger partial charge in [-0.1, -0.05) is 32.8 Å². The fraction of sp³-hybridized carbons (Fsp3) is 0.667. The predicted octanol–water partition coefficient (Wildman–Crippen LogP) is 4.39. The zero-order valence-corrected chi connectivity index (χ0v) is 21.9. The summed E-state index contributed by atoms with van der Waals surface area (Å²) in [5, 5.41) is 2.89. The van der Waals surface area contributed by atoms with Crippen molar-refractivity contribution in [2.75, 3.05) is 19.8 Å². The van der Waals surface area contributed by atoms with Gasteiger partial charge < -0.3 is 14.8 Å². The van der Waals surface area contributed by atoms with Gasteiger partial charge in [0, 0.05) is 6.54 Å². The van der Waals surface area contributed by atoms with Crippen LogP contribution in [0.25, 0.3) is 0 Å². The molecule has 0 aromatic heterocycles. The van der Waals surface area contributed by atoms with Gasteiger partial charge in [0.15, 0.2) is 11.5 Å². The van der Waals surface area contributed by atoms with Gasteiger partial charge in [0.05, 0.1) is 17.1 Å². The fourth-order valence-corrected chi connectivity index (χ4v) is 4.02. The quantitative estimate of drug-likeness (QED) is 0.249. The summed E-state index contributed by atoms with van der Waals surface area (Å²) in [6.45, 7) is 11.3. The van der Waals surface area contributed by atoms with Gasteiger partial charge in [0.25, 0.3) is 10.1 Å². The number of esters is 2. The van der Waals surface area contributed by atoms with E-state index in [-0.39, 0.29) is 18.0 Å². The summed E-state index contributed by atoms with van der Waals surface area (Å²) in [7, 11) is -2.08. The maximum Gasteiger partial charge on any atom is 0.317 e. The van der Waals surface area contributed by atoms with Crippen molar-refractivity contribution in [1.29, 1.82) is 0 Å². The molecule has 0 saturated heterocycles. The highest BCUT2D eigenvalue weighted by Gasteiger charge is 2.33. The SMILES string of the molecule is CCCC(C)(C)C(=O)Oc1ccc(C(CNC)OS(C)(=O)=O)cc1OC(=O)C(C)(C)CCC. The van der Waals surface area contributed by atoms with Gasteiger partial charge >= 0.3 is 11.9 Å².